The third-order valence-electron chi connectivity index (χ3n) is 5.36. The first-order chi connectivity index (χ1) is 12.2. The lowest BCUT2D eigenvalue weighted by molar-refractivity contribution is 0.00578. The molecule has 138 valence electrons. The highest BCUT2D eigenvalue weighted by Crippen LogP contribution is 2.36. The van der Waals surface area contributed by atoms with Gasteiger partial charge < -0.3 is 9.31 Å². The molecular formula is C21H25BBr2O2. The van der Waals surface area contributed by atoms with Gasteiger partial charge in [-0.3, -0.25) is 0 Å². The molecule has 2 aromatic rings. The molecule has 1 saturated heterocycles. The molecule has 1 aliphatic heterocycles. The van der Waals surface area contributed by atoms with Gasteiger partial charge >= 0.3 is 7.12 Å². The molecule has 0 radical (unpaired) electrons. The molecule has 0 aliphatic carbocycles. The average molecular weight is 480 g/mol. The van der Waals surface area contributed by atoms with Crippen molar-refractivity contribution in [1.82, 2.24) is 0 Å². The number of halogens is 2. The molecule has 0 unspecified atom stereocenters. The zero-order valence-electron chi connectivity index (χ0n) is 15.8. The average Bonchev–Trinajstić information content (AvgIpc) is 2.75. The molecule has 1 aliphatic rings. The van der Waals surface area contributed by atoms with Crippen LogP contribution in [0.3, 0.4) is 0 Å². The molecule has 2 nitrogen and oxygen atoms in total. The highest BCUT2D eigenvalue weighted by molar-refractivity contribution is 9.11. The number of benzene rings is 2. The zero-order valence-corrected chi connectivity index (χ0v) is 19.0. The van der Waals surface area contributed by atoms with Crippen molar-refractivity contribution in [3.05, 3.63) is 62.5 Å². The number of hydrogen-bond acceptors (Lipinski definition) is 2. The van der Waals surface area contributed by atoms with Crippen molar-refractivity contribution < 1.29 is 9.31 Å². The summed E-state index contributed by atoms with van der Waals surface area (Å²) in [7, 11) is -0.284. The number of aryl methyl sites for hydroxylation is 2. The van der Waals surface area contributed by atoms with E-state index in [4.69, 9.17) is 9.31 Å². The molecule has 0 N–H and O–H groups in total. The van der Waals surface area contributed by atoms with Gasteiger partial charge in [-0.05, 0) is 81.7 Å². The van der Waals surface area contributed by atoms with Gasteiger partial charge in [-0.1, -0.05) is 56.1 Å². The van der Waals surface area contributed by atoms with Crippen LogP contribution in [0.25, 0.3) is 0 Å². The lowest BCUT2D eigenvalue weighted by atomic mass is 9.78. The number of rotatable bonds is 5. The van der Waals surface area contributed by atoms with Crippen molar-refractivity contribution in [3.63, 3.8) is 0 Å². The lowest BCUT2D eigenvalue weighted by Gasteiger charge is -2.32. The Balaban J connectivity index is 1.57. The van der Waals surface area contributed by atoms with E-state index in [9.17, 15) is 0 Å². The molecule has 5 heteroatoms. The quantitative estimate of drug-likeness (QED) is 0.513. The molecule has 26 heavy (non-hydrogen) atoms. The first kappa shape index (κ1) is 20.1. The van der Waals surface area contributed by atoms with Crippen LogP contribution < -0.4 is 5.46 Å². The third kappa shape index (κ3) is 4.62. The smallest absolute Gasteiger partial charge is 0.399 e. The van der Waals surface area contributed by atoms with Crippen LogP contribution in [0, 0.1) is 0 Å². The normalized spacial score (nSPS) is 18.3. The van der Waals surface area contributed by atoms with Crippen LogP contribution in [0.4, 0.5) is 0 Å². The van der Waals surface area contributed by atoms with Crippen LogP contribution in [-0.2, 0) is 22.2 Å². The van der Waals surface area contributed by atoms with Gasteiger partial charge in [-0.25, -0.2) is 0 Å². The van der Waals surface area contributed by atoms with Gasteiger partial charge in [0, 0.05) is 8.95 Å². The van der Waals surface area contributed by atoms with E-state index >= 15 is 0 Å². The third-order valence-corrected chi connectivity index (χ3v) is 6.27. The van der Waals surface area contributed by atoms with Gasteiger partial charge in [0.05, 0.1) is 11.2 Å². The summed E-state index contributed by atoms with van der Waals surface area (Å²) in [6, 6.07) is 15.1. The zero-order chi connectivity index (χ0) is 18.9. The fourth-order valence-electron chi connectivity index (χ4n) is 3.07. The highest BCUT2D eigenvalue weighted by Gasteiger charge is 2.51. The van der Waals surface area contributed by atoms with Crippen LogP contribution in [0.15, 0.2) is 51.4 Å². The second-order valence-electron chi connectivity index (χ2n) is 7.96. The fraction of sp³-hybridized carbons (Fsp3) is 0.429. The maximum atomic E-state index is 6.12. The molecule has 0 bridgehead atoms. The van der Waals surface area contributed by atoms with Crippen LogP contribution >= 0.6 is 31.9 Å². The summed E-state index contributed by atoms with van der Waals surface area (Å²) >= 11 is 7.10. The molecule has 0 aromatic heterocycles. The van der Waals surface area contributed by atoms with E-state index in [0.29, 0.717) is 0 Å². The van der Waals surface area contributed by atoms with Gasteiger partial charge in [-0.2, -0.15) is 0 Å². The first-order valence-corrected chi connectivity index (χ1v) is 10.6. The predicted octanol–water partition coefficient (Wildman–Crippen LogP) is 5.69. The molecule has 3 rings (SSSR count). The second kappa shape index (κ2) is 7.79. The Morgan fingerprint density at radius 1 is 0.769 bits per heavy atom. The topological polar surface area (TPSA) is 18.5 Å². The Kier molecular flexibility index (Phi) is 6.03. The monoisotopic (exact) mass is 478 g/mol. The second-order valence-corrected chi connectivity index (χ2v) is 9.79. The summed E-state index contributed by atoms with van der Waals surface area (Å²) in [6.45, 7) is 8.34. The Bertz CT molecular complexity index is 736. The molecular weight excluding hydrogens is 455 g/mol. The van der Waals surface area contributed by atoms with Gasteiger partial charge in [0.1, 0.15) is 0 Å². The van der Waals surface area contributed by atoms with E-state index in [-0.39, 0.29) is 18.3 Å². The van der Waals surface area contributed by atoms with E-state index < -0.39 is 0 Å². The van der Waals surface area contributed by atoms with Crippen molar-refractivity contribution in [3.8, 4) is 0 Å². The van der Waals surface area contributed by atoms with E-state index in [1.807, 2.05) is 0 Å². The van der Waals surface area contributed by atoms with E-state index in [1.54, 1.807) is 0 Å². The van der Waals surface area contributed by atoms with Crippen LogP contribution in [0.2, 0.25) is 0 Å². The van der Waals surface area contributed by atoms with Crippen molar-refractivity contribution in [2.75, 3.05) is 0 Å². The highest BCUT2D eigenvalue weighted by atomic mass is 79.9. The van der Waals surface area contributed by atoms with E-state index in [0.717, 1.165) is 33.7 Å². The Labute approximate surface area is 174 Å². The molecule has 0 saturated carbocycles. The van der Waals surface area contributed by atoms with Gasteiger partial charge in [0.25, 0.3) is 0 Å². The number of hydrogen-bond donors (Lipinski definition) is 0. The standard InChI is InChI=1S/C21H25BBr2O2/c1-20(2)21(3,4)26-22(25-20)17-10-8-15(9-11-17)6-5-7-16-12-18(23)14-19(24)13-16/h8-14H,5-7H2,1-4H3. The lowest BCUT2D eigenvalue weighted by Crippen LogP contribution is -2.41. The maximum absolute atomic E-state index is 6.12. The predicted molar refractivity (Wildman–Crippen MR) is 116 cm³/mol. The van der Waals surface area contributed by atoms with Gasteiger partial charge in [-0.15, -0.1) is 0 Å². The van der Waals surface area contributed by atoms with Crippen molar-refractivity contribution in [2.24, 2.45) is 0 Å². The minimum atomic E-state index is -0.297. The Morgan fingerprint density at radius 3 is 1.81 bits per heavy atom. The first-order valence-electron chi connectivity index (χ1n) is 9.06. The molecule has 0 spiro atoms. The minimum Gasteiger partial charge on any atom is -0.399 e. The van der Waals surface area contributed by atoms with E-state index in [1.165, 1.54) is 11.1 Å². The van der Waals surface area contributed by atoms with Crippen molar-refractivity contribution >= 4 is 44.4 Å². The van der Waals surface area contributed by atoms with Crippen LogP contribution in [-0.4, -0.2) is 18.3 Å². The summed E-state index contributed by atoms with van der Waals surface area (Å²) < 4.78 is 14.5. The summed E-state index contributed by atoms with van der Waals surface area (Å²) in [6.07, 6.45) is 3.25. The summed E-state index contributed by atoms with van der Waals surface area (Å²) in [4.78, 5) is 0. The maximum Gasteiger partial charge on any atom is 0.494 e. The van der Waals surface area contributed by atoms with Gasteiger partial charge in [0.15, 0.2) is 0 Å². The summed E-state index contributed by atoms with van der Waals surface area (Å²) in [5.74, 6) is 0. The fourth-order valence-corrected chi connectivity index (χ4v) is 4.46. The van der Waals surface area contributed by atoms with Gasteiger partial charge in [0.2, 0.25) is 0 Å². The molecule has 1 heterocycles. The van der Waals surface area contributed by atoms with Crippen molar-refractivity contribution in [1.29, 1.82) is 0 Å². The Morgan fingerprint density at radius 2 is 1.27 bits per heavy atom. The minimum absolute atomic E-state index is 0.284. The van der Waals surface area contributed by atoms with Crippen LogP contribution in [0.1, 0.15) is 45.2 Å². The summed E-state index contributed by atoms with van der Waals surface area (Å²) in [5, 5.41) is 0. The van der Waals surface area contributed by atoms with E-state index in [2.05, 4.69) is 102 Å². The Hall–Kier alpha value is -0.615. The molecule has 0 atom stereocenters. The summed E-state index contributed by atoms with van der Waals surface area (Å²) in [5.41, 5.74) is 3.19. The SMILES string of the molecule is CC1(C)OB(c2ccc(CCCc3cc(Br)cc(Br)c3)cc2)OC1(C)C. The largest absolute Gasteiger partial charge is 0.494 e. The molecule has 0 amide bonds. The van der Waals surface area contributed by atoms with Crippen molar-refractivity contribution in [2.45, 2.75) is 58.2 Å². The van der Waals surface area contributed by atoms with Crippen LogP contribution in [0.5, 0.6) is 0 Å². The molecule has 1 fully saturated rings. The molecule has 2 aromatic carbocycles.